The van der Waals surface area contributed by atoms with Crippen LogP contribution in [0.1, 0.15) is 34.5 Å². The van der Waals surface area contributed by atoms with Gasteiger partial charge in [0.2, 0.25) is 0 Å². The van der Waals surface area contributed by atoms with Gasteiger partial charge in [-0.2, -0.15) is 0 Å². The maximum Gasteiger partial charge on any atom is 0.347 e. The third kappa shape index (κ3) is 2.34. The summed E-state index contributed by atoms with van der Waals surface area (Å²) < 4.78 is 5.74. The van der Waals surface area contributed by atoms with Crippen molar-refractivity contribution in [3.63, 3.8) is 0 Å². The Hall–Kier alpha value is -2.14. The Morgan fingerprint density at radius 2 is 2.14 bits per heavy atom. The van der Waals surface area contributed by atoms with Gasteiger partial charge in [0, 0.05) is 5.39 Å². The number of carboxylic acid groups (broad SMARTS) is 1. The Bertz CT molecular complexity index is 816. The number of furan rings is 1. The van der Waals surface area contributed by atoms with Crippen LogP contribution in [0.25, 0.3) is 21.5 Å². The van der Waals surface area contributed by atoms with Crippen LogP contribution in [0.15, 0.2) is 28.7 Å². The molecule has 3 rings (SSSR count). The van der Waals surface area contributed by atoms with E-state index in [0.717, 1.165) is 33.7 Å². The van der Waals surface area contributed by atoms with E-state index in [1.54, 1.807) is 0 Å². The average molecular weight is 301 g/mol. The predicted octanol–water partition coefficient (Wildman–Crippen LogP) is 4.52. The molecule has 0 atom stereocenters. The molecule has 0 fully saturated rings. The summed E-state index contributed by atoms with van der Waals surface area (Å²) in [5.74, 6) is -0.141. The molecule has 0 aliphatic heterocycles. The van der Waals surface area contributed by atoms with Gasteiger partial charge in [0.05, 0.1) is 11.3 Å². The molecular weight excluding hydrogens is 286 g/mol. The average Bonchev–Trinajstić information content (AvgIpc) is 2.99. The lowest BCUT2D eigenvalue weighted by molar-refractivity contribution is 0.0700. The van der Waals surface area contributed by atoms with Gasteiger partial charge < -0.3 is 9.52 Å². The van der Waals surface area contributed by atoms with Gasteiger partial charge in [-0.3, -0.25) is 0 Å². The van der Waals surface area contributed by atoms with Gasteiger partial charge in [-0.1, -0.05) is 31.5 Å². The maximum absolute atomic E-state index is 11.4. The van der Waals surface area contributed by atoms with Crippen molar-refractivity contribution in [2.24, 2.45) is 0 Å². The Morgan fingerprint density at radius 3 is 2.86 bits per heavy atom. The zero-order valence-electron chi connectivity index (χ0n) is 11.8. The quantitative estimate of drug-likeness (QED) is 0.769. The maximum atomic E-state index is 11.4. The zero-order valence-corrected chi connectivity index (χ0v) is 12.7. The van der Waals surface area contributed by atoms with E-state index in [4.69, 9.17) is 4.42 Å². The number of nitrogens with zero attached hydrogens (tertiary/aromatic N) is 1. The first kappa shape index (κ1) is 13.8. The molecule has 108 valence electrons. The number of aromatic carboxylic acids is 1. The van der Waals surface area contributed by atoms with Crippen molar-refractivity contribution in [3.05, 3.63) is 40.6 Å². The lowest BCUT2D eigenvalue weighted by Gasteiger charge is -1.94. The summed E-state index contributed by atoms with van der Waals surface area (Å²) in [5, 5.41) is 11.0. The molecule has 0 spiro atoms. The number of thiazole rings is 1. The molecule has 3 aromatic rings. The molecule has 0 saturated carbocycles. The lowest BCUT2D eigenvalue weighted by atomic mass is 10.1. The van der Waals surface area contributed by atoms with Crippen LogP contribution >= 0.6 is 11.3 Å². The molecule has 0 saturated heterocycles. The summed E-state index contributed by atoms with van der Waals surface area (Å²) in [6.07, 6.45) is 1.54. The van der Waals surface area contributed by atoms with E-state index >= 15 is 0 Å². The number of para-hydroxylation sites is 1. The van der Waals surface area contributed by atoms with Crippen molar-refractivity contribution in [2.75, 3.05) is 0 Å². The molecule has 21 heavy (non-hydrogen) atoms. The standard InChI is InChI=1S/C16H15NO3S/c1-3-6-11-14(16(18)19)21-15(17-11)13-9(2)20-12-8-5-4-7-10(12)13/h4-5,7-8H,3,6H2,1-2H3,(H,18,19). The molecule has 1 aromatic carbocycles. The van der Waals surface area contributed by atoms with Crippen LogP contribution in [-0.4, -0.2) is 16.1 Å². The van der Waals surface area contributed by atoms with Crippen LogP contribution in [0.4, 0.5) is 0 Å². The third-order valence-corrected chi connectivity index (χ3v) is 4.47. The summed E-state index contributed by atoms with van der Waals surface area (Å²) in [5.41, 5.74) is 2.37. The number of hydrogen-bond acceptors (Lipinski definition) is 4. The largest absolute Gasteiger partial charge is 0.477 e. The van der Waals surface area contributed by atoms with Crippen LogP contribution in [0.3, 0.4) is 0 Å². The first-order valence-electron chi connectivity index (χ1n) is 6.83. The summed E-state index contributed by atoms with van der Waals surface area (Å²) in [4.78, 5) is 16.3. The van der Waals surface area contributed by atoms with E-state index < -0.39 is 5.97 Å². The Kier molecular flexibility index (Phi) is 3.51. The second-order valence-electron chi connectivity index (χ2n) is 4.88. The zero-order chi connectivity index (χ0) is 15.0. The Morgan fingerprint density at radius 1 is 1.38 bits per heavy atom. The number of aromatic nitrogens is 1. The van der Waals surface area contributed by atoms with Crippen LogP contribution < -0.4 is 0 Å². The van der Waals surface area contributed by atoms with Crippen LogP contribution in [0.2, 0.25) is 0 Å². The minimum atomic E-state index is -0.910. The summed E-state index contributed by atoms with van der Waals surface area (Å²) in [6.45, 7) is 3.90. The predicted molar refractivity (Wildman–Crippen MR) is 83.0 cm³/mol. The van der Waals surface area contributed by atoms with E-state index in [1.165, 1.54) is 11.3 Å². The van der Waals surface area contributed by atoms with Crippen molar-refractivity contribution in [3.8, 4) is 10.6 Å². The number of rotatable bonds is 4. The molecule has 4 nitrogen and oxygen atoms in total. The Labute approximate surface area is 126 Å². The second kappa shape index (κ2) is 5.33. The molecule has 0 aliphatic carbocycles. The monoisotopic (exact) mass is 301 g/mol. The van der Waals surface area contributed by atoms with E-state index in [0.29, 0.717) is 17.0 Å². The number of hydrogen-bond donors (Lipinski definition) is 1. The van der Waals surface area contributed by atoms with E-state index in [2.05, 4.69) is 4.98 Å². The molecule has 0 unspecified atom stereocenters. The van der Waals surface area contributed by atoms with E-state index in [9.17, 15) is 9.90 Å². The number of carboxylic acids is 1. The number of fused-ring (bicyclic) bond motifs is 1. The third-order valence-electron chi connectivity index (χ3n) is 3.36. The highest BCUT2D eigenvalue weighted by Crippen LogP contribution is 2.37. The number of aryl methyl sites for hydroxylation is 2. The summed E-state index contributed by atoms with van der Waals surface area (Å²) >= 11 is 1.22. The van der Waals surface area contributed by atoms with Crippen molar-refractivity contribution >= 4 is 28.3 Å². The first-order valence-corrected chi connectivity index (χ1v) is 7.65. The van der Waals surface area contributed by atoms with Gasteiger partial charge in [-0.25, -0.2) is 9.78 Å². The highest BCUT2D eigenvalue weighted by atomic mass is 32.1. The van der Waals surface area contributed by atoms with Crippen molar-refractivity contribution < 1.29 is 14.3 Å². The van der Waals surface area contributed by atoms with Gasteiger partial charge in [0.15, 0.2) is 0 Å². The fourth-order valence-corrected chi connectivity index (χ4v) is 3.52. The van der Waals surface area contributed by atoms with Gasteiger partial charge in [0.25, 0.3) is 0 Å². The molecule has 0 amide bonds. The second-order valence-corrected chi connectivity index (χ2v) is 5.88. The fourth-order valence-electron chi connectivity index (χ4n) is 2.47. The number of benzene rings is 1. The van der Waals surface area contributed by atoms with Gasteiger partial charge in [0.1, 0.15) is 21.2 Å². The van der Waals surface area contributed by atoms with Crippen LogP contribution in [-0.2, 0) is 6.42 Å². The fraction of sp³-hybridized carbons (Fsp3) is 0.250. The van der Waals surface area contributed by atoms with E-state index in [1.807, 2.05) is 38.1 Å². The molecule has 2 aromatic heterocycles. The number of carbonyl (C=O) groups is 1. The molecule has 0 bridgehead atoms. The molecule has 5 heteroatoms. The Balaban J connectivity index is 2.21. The van der Waals surface area contributed by atoms with Crippen LogP contribution in [0, 0.1) is 6.92 Å². The summed E-state index contributed by atoms with van der Waals surface area (Å²) in [6, 6.07) is 7.74. The SMILES string of the molecule is CCCc1nc(-c2c(C)oc3ccccc23)sc1C(=O)O. The first-order chi connectivity index (χ1) is 10.1. The van der Waals surface area contributed by atoms with Crippen molar-refractivity contribution in [1.82, 2.24) is 4.98 Å². The van der Waals surface area contributed by atoms with Crippen LogP contribution in [0.5, 0.6) is 0 Å². The normalized spacial score (nSPS) is 11.1. The van der Waals surface area contributed by atoms with Gasteiger partial charge >= 0.3 is 5.97 Å². The molecular formula is C16H15NO3S. The molecule has 1 N–H and O–H groups in total. The lowest BCUT2D eigenvalue weighted by Crippen LogP contribution is -1.98. The highest BCUT2D eigenvalue weighted by Gasteiger charge is 2.21. The molecule has 2 heterocycles. The topological polar surface area (TPSA) is 63.3 Å². The van der Waals surface area contributed by atoms with E-state index in [-0.39, 0.29) is 0 Å². The molecule has 0 aliphatic rings. The summed E-state index contributed by atoms with van der Waals surface area (Å²) in [7, 11) is 0. The minimum Gasteiger partial charge on any atom is -0.477 e. The minimum absolute atomic E-state index is 0.330. The smallest absolute Gasteiger partial charge is 0.347 e. The van der Waals surface area contributed by atoms with Gasteiger partial charge in [-0.15, -0.1) is 11.3 Å². The molecule has 0 radical (unpaired) electrons. The van der Waals surface area contributed by atoms with Gasteiger partial charge in [-0.05, 0) is 19.4 Å². The van der Waals surface area contributed by atoms with Crippen molar-refractivity contribution in [1.29, 1.82) is 0 Å². The highest BCUT2D eigenvalue weighted by molar-refractivity contribution is 7.17. The van der Waals surface area contributed by atoms with Crippen molar-refractivity contribution in [2.45, 2.75) is 26.7 Å².